The Hall–Kier alpha value is -1.99. The molecular weight excluding hydrogens is 370 g/mol. The van der Waals surface area contributed by atoms with Crippen molar-refractivity contribution in [2.24, 2.45) is 0 Å². The van der Waals surface area contributed by atoms with Gasteiger partial charge in [-0.1, -0.05) is 0 Å². The molecule has 2 aliphatic heterocycles. The highest BCUT2D eigenvalue weighted by atomic mass is 32.2. The van der Waals surface area contributed by atoms with Crippen LogP contribution in [0.5, 0.6) is 0 Å². The smallest absolute Gasteiger partial charge is 0.206 e. The first kappa shape index (κ1) is 18.4. The highest BCUT2D eigenvalue weighted by molar-refractivity contribution is 7.91. The van der Waals surface area contributed by atoms with E-state index in [1.54, 1.807) is 6.07 Å². The summed E-state index contributed by atoms with van der Waals surface area (Å²) in [5, 5.41) is 0. The average molecular weight is 392 g/mol. The molecule has 0 saturated carbocycles. The fourth-order valence-electron chi connectivity index (χ4n) is 4.36. The van der Waals surface area contributed by atoms with Crippen molar-refractivity contribution in [3.8, 4) is 0 Å². The van der Waals surface area contributed by atoms with Crippen LogP contribution in [0.4, 0.5) is 14.5 Å². The standard InChI is InChI=1S/C20H22F2N2O2S/c1-23-7-5-17-18-12-15(3-4-19(18)24(2)20(17)6-8-23)27(25,26)16-10-13(21)9-14(22)11-16/h3-4,9-12,17,20H,5-8H2,1-2H3/t17-,20?/m1/s1. The molecular formula is C20H22F2N2O2S. The molecule has 0 amide bonds. The summed E-state index contributed by atoms with van der Waals surface area (Å²) in [5.41, 5.74) is 2.05. The number of halogens is 2. The van der Waals surface area contributed by atoms with Crippen LogP contribution < -0.4 is 4.90 Å². The molecule has 0 N–H and O–H groups in total. The Kier molecular flexibility index (Phi) is 4.47. The van der Waals surface area contributed by atoms with E-state index in [4.69, 9.17) is 0 Å². The summed E-state index contributed by atoms with van der Waals surface area (Å²) >= 11 is 0. The van der Waals surface area contributed by atoms with E-state index in [1.165, 1.54) is 6.07 Å². The van der Waals surface area contributed by atoms with Gasteiger partial charge in [0.25, 0.3) is 0 Å². The van der Waals surface area contributed by atoms with Crippen LogP contribution in [-0.4, -0.2) is 46.5 Å². The van der Waals surface area contributed by atoms with Gasteiger partial charge in [0, 0.05) is 30.8 Å². The minimum absolute atomic E-state index is 0.0814. The zero-order chi connectivity index (χ0) is 19.3. The Morgan fingerprint density at radius 3 is 2.30 bits per heavy atom. The third-order valence-electron chi connectivity index (χ3n) is 5.83. The SMILES string of the molecule is CN1CCC2[C@H](CC1)c1cc(S(=O)(=O)c3cc(F)cc(F)c3)ccc1N2C. The number of sulfone groups is 1. The first-order chi connectivity index (χ1) is 12.8. The maximum atomic E-state index is 13.5. The molecule has 1 saturated heterocycles. The van der Waals surface area contributed by atoms with Crippen molar-refractivity contribution in [3.05, 3.63) is 53.6 Å². The van der Waals surface area contributed by atoms with Crippen LogP contribution in [0.1, 0.15) is 24.3 Å². The van der Waals surface area contributed by atoms with Crippen LogP contribution >= 0.6 is 0 Å². The van der Waals surface area contributed by atoms with Crippen LogP contribution in [0, 0.1) is 11.6 Å². The number of anilines is 1. The first-order valence-electron chi connectivity index (χ1n) is 9.04. The van der Waals surface area contributed by atoms with E-state index < -0.39 is 21.5 Å². The molecule has 2 aromatic rings. The lowest BCUT2D eigenvalue weighted by molar-refractivity contribution is 0.345. The van der Waals surface area contributed by atoms with Gasteiger partial charge < -0.3 is 9.80 Å². The summed E-state index contributed by atoms with van der Waals surface area (Å²) in [6, 6.07) is 7.78. The molecule has 2 aromatic carbocycles. The number of fused-ring (bicyclic) bond motifs is 3. The first-order valence-corrected chi connectivity index (χ1v) is 10.5. The summed E-state index contributed by atoms with van der Waals surface area (Å²) in [4.78, 5) is 4.25. The predicted molar refractivity (Wildman–Crippen MR) is 99.9 cm³/mol. The van der Waals surface area contributed by atoms with E-state index in [2.05, 4.69) is 16.8 Å². The van der Waals surface area contributed by atoms with E-state index in [-0.39, 0.29) is 15.7 Å². The number of likely N-dealkylation sites (tertiary alicyclic amines) is 1. The largest absolute Gasteiger partial charge is 0.371 e. The number of hydrogen-bond donors (Lipinski definition) is 0. The third-order valence-corrected chi connectivity index (χ3v) is 7.56. The zero-order valence-corrected chi connectivity index (χ0v) is 16.1. The summed E-state index contributed by atoms with van der Waals surface area (Å²) < 4.78 is 53.0. The Bertz CT molecular complexity index is 973. The van der Waals surface area contributed by atoms with Crippen molar-refractivity contribution in [2.45, 2.75) is 34.6 Å². The van der Waals surface area contributed by atoms with Gasteiger partial charge in [0.2, 0.25) is 9.84 Å². The van der Waals surface area contributed by atoms with Crippen molar-refractivity contribution in [1.29, 1.82) is 0 Å². The quantitative estimate of drug-likeness (QED) is 0.785. The predicted octanol–water partition coefficient (Wildman–Crippen LogP) is 3.43. The second-order valence-electron chi connectivity index (χ2n) is 7.49. The molecule has 0 aromatic heterocycles. The molecule has 0 spiro atoms. The Morgan fingerprint density at radius 2 is 1.59 bits per heavy atom. The minimum atomic E-state index is -3.99. The highest BCUT2D eigenvalue weighted by Crippen LogP contribution is 2.45. The average Bonchev–Trinajstić information content (AvgIpc) is 2.75. The second kappa shape index (κ2) is 6.56. The second-order valence-corrected chi connectivity index (χ2v) is 9.44. The molecule has 0 radical (unpaired) electrons. The fourth-order valence-corrected chi connectivity index (χ4v) is 5.70. The molecule has 4 rings (SSSR count). The van der Waals surface area contributed by atoms with Crippen molar-refractivity contribution in [3.63, 3.8) is 0 Å². The number of benzene rings is 2. The van der Waals surface area contributed by atoms with Crippen LogP contribution in [0.2, 0.25) is 0 Å². The molecule has 2 atom stereocenters. The molecule has 144 valence electrons. The van der Waals surface area contributed by atoms with E-state index >= 15 is 0 Å². The molecule has 0 bridgehead atoms. The molecule has 2 heterocycles. The maximum Gasteiger partial charge on any atom is 0.206 e. The number of nitrogens with zero attached hydrogens (tertiary/aromatic N) is 2. The summed E-state index contributed by atoms with van der Waals surface area (Å²) in [7, 11) is 0.155. The molecule has 1 unspecified atom stereocenters. The van der Waals surface area contributed by atoms with Crippen molar-refractivity contribution in [2.75, 3.05) is 32.1 Å². The number of hydrogen-bond acceptors (Lipinski definition) is 4. The van der Waals surface area contributed by atoms with Gasteiger partial charge in [-0.2, -0.15) is 0 Å². The summed E-state index contributed by atoms with van der Waals surface area (Å²) in [5.74, 6) is -1.54. The lowest BCUT2D eigenvalue weighted by atomic mass is 9.91. The molecule has 4 nitrogen and oxygen atoms in total. The lowest BCUT2D eigenvalue weighted by Crippen LogP contribution is -2.31. The molecule has 2 aliphatic rings. The van der Waals surface area contributed by atoms with E-state index in [9.17, 15) is 17.2 Å². The topological polar surface area (TPSA) is 40.6 Å². The van der Waals surface area contributed by atoms with E-state index in [0.717, 1.165) is 49.3 Å². The van der Waals surface area contributed by atoms with Gasteiger partial charge in [-0.3, -0.25) is 0 Å². The minimum Gasteiger partial charge on any atom is -0.371 e. The van der Waals surface area contributed by atoms with E-state index in [0.29, 0.717) is 12.1 Å². The van der Waals surface area contributed by atoms with Crippen molar-refractivity contribution < 1.29 is 17.2 Å². The summed E-state index contributed by atoms with van der Waals surface area (Å²) in [6.07, 6.45) is 1.97. The van der Waals surface area contributed by atoms with Gasteiger partial charge in [-0.25, -0.2) is 17.2 Å². The van der Waals surface area contributed by atoms with Gasteiger partial charge in [-0.15, -0.1) is 0 Å². The molecule has 27 heavy (non-hydrogen) atoms. The normalized spacial score (nSPS) is 23.0. The molecule has 1 fully saturated rings. The van der Waals surface area contributed by atoms with Gasteiger partial charge >= 0.3 is 0 Å². The number of rotatable bonds is 2. The van der Waals surface area contributed by atoms with Crippen LogP contribution in [-0.2, 0) is 9.84 Å². The maximum absolute atomic E-state index is 13.5. The third kappa shape index (κ3) is 3.12. The van der Waals surface area contributed by atoms with Crippen LogP contribution in [0.3, 0.4) is 0 Å². The van der Waals surface area contributed by atoms with E-state index in [1.807, 2.05) is 13.1 Å². The van der Waals surface area contributed by atoms with Gasteiger partial charge in [0.1, 0.15) is 11.6 Å². The lowest BCUT2D eigenvalue weighted by Gasteiger charge is -2.25. The van der Waals surface area contributed by atoms with Gasteiger partial charge in [0.05, 0.1) is 9.79 Å². The fraction of sp³-hybridized carbons (Fsp3) is 0.400. The van der Waals surface area contributed by atoms with Crippen molar-refractivity contribution in [1.82, 2.24) is 4.90 Å². The van der Waals surface area contributed by atoms with Crippen LogP contribution in [0.25, 0.3) is 0 Å². The zero-order valence-electron chi connectivity index (χ0n) is 15.3. The molecule has 7 heteroatoms. The van der Waals surface area contributed by atoms with Crippen LogP contribution in [0.15, 0.2) is 46.2 Å². The Balaban J connectivity index is 1.77. The van der Waals surface area contributed by atoms with Gasteiger partial charge in [-0.05, 0) is 68.9 Å². The highest BCUT2D eigenvalue weighted by Gasteiger charge is 2.38. The van der Waals surface area contributed by atoms with Gasteiger partial charge in [0.15, 0.2) is 0 Å². The summed E-state index contributed by atoms with van der Waals surface area (Å²) in [6.45, 7) is 1.97. The molecule has 0 aliphatic carbocycles. The Labute approximate surface area is 158 Å². The number of likely N-dealkylation sites (N-methyl/N-ethyl adjacent to an activating group) is 1. The van der Waals surface area contributed by atoms with Crippen molar-refractivity contribution >= 4 is 15.5 Å². The Morgan fingerprint density at radius 1 is 0.926 bits per heavy atom. The monoisotopic (exact) mass is 392 g/mol.